The number of rotatable bonds is 4. The Morgan fingerprint density at radius 1 is 1.35 bits per heavy atom. The van der Waals surface area contributed by atoms with Gasteiger partial charge >= 0.3 is 0 Å². The zero-order valence-electron chi connectivity index (χ0n) is 11.7. The maximum atomic E-state index is 10.3. The zero-order valence-corrected chi connectivity index (χ0v) is 12.5. The van der Waals surface area contributed by atoms with Gasteiger partial charge in [-0.15, -0.1) is 0 Å². The molecule has 0 bridgehead atoms. The van der Waals surface area contributed by atoms with E-state index in [1.165, 1.54) is 0 Å². The topological polar surface area (TPSA) is 55.2 Å². The fourth-order valence-electron chi connectivity index (χ4n) is 2.20. The van der Waals surface area contributed by atoms with Gasteiger partial charge < -0.3 is 9.84 Å². The maximum absolute atomic E-state index is 10.3. The van der Waals surface area contributed by atoms with Crippen LogP contribution in [0, 0.1) is 13.8 Å². The molecular weight excluding hydrogens is 276 g/mol. The number of aliphatic hydroxyl groups excluding tert-OH is 1. The summed E-state index contributed by atoms with van der Waals surface area (Å²) in [7, 11) is 1.63. The Labute approximate surface area is 123 Å². The molecule has 2 heterocycles. The first kappa shape index (κ1) is 14.8. The molecular formula is C15H17ClN2O2. The molecule has 5 heteroatoms. The third-order valence-electron chi connectivity index (χ3n) is 3.24. The molecule has 2 aromatic rings. The molecule has 1 N–H and O–H groups in total. The summed E-state index contributed by atoms with van der Waals surface area (Å²) in [6.45, 7) is 3.87. The molecule has 106 valence electrons. The standard InChI is InChI=1S/C15H17ClN2O2/c1-9-8-18-12(10(2)15(9)20-3)7-13(19)14-11(16)5-4-6-17-14/h4-6,8,13,19H,7H2,1-3H3. The Kier molecular flexibility index (Phi) is 4.57. The molecule has 0 aliphatic heterocycles. The smallest absolute Gasteiger partial charge is 0.128 e. The molecule has 0 spiro atoms. The minimum absolute atomic E-state index is 0.346. The zero-order chi connectivity index (χ0) is 14.7. The van der Waals surface area contributed by atoms with Crippen molar-refractivity contribution in [2.24, 2.45) is 0 Å². The van der Waals surface area contributed by atoms with Gasteiger partial charge in [0, 0.05) is 35.6 Å². The van der Waals surface area contributed by atoms with E-state index in [9.17, 15) is 5.11 Å². The molecule has 0 aliphatic carbocycles. The van der Waals surface area contributed by atoms with Gasteiger partial charge in [0.15, 0.2) is 0 Å². The van der Waals surface area contributed by atoms with Crippen LogP contribution in [0.5, 0.6) is 5.75 Å². The highest BCUT2D eigenvalue weighted by Crippen LogP contribution is 2.28. The normalized spacial score (nSPS) is 12.2. The average molecular weight is 293 g/mol. The van der Waals surface area contributed by atoms with Crippen molar-refractivity contribution in [3.05, 3.63) is 52.1 Å². The second-order valence-electron chi connectivity index (χ2n) is 4.64. The van der Waals surface area contributed by atoms with Gasteiger partial charge in [-0.05, 0) is 26.0 Å². The Balaban J connectivity index is 2.29. The predicted molar refractivity (Wildman–Crippen MR) is 78.2 cm³/mol. The summed E-state index contributed by atoms with van der Waals surface area (Å²) in [6.07, 6.45) is 2.91. The SMILES string of the molecule is COc1c(C)cnc(CC(O)c2ncccc2Cl)c1C. The third-order valence-corrected chi connectivity index (χ3v) is 3.56. The third kappa shape index (κ3) is 2.92. The second-order valence-corrected chi connectivity index (χ2v) is 5.04. The number of methoxy groups -OCH3 is 1. The van der Waals surface area contributed by atoms with Gasteiger partial charge in [-0.1, -0.05) is 11.6 Å². The van der Waals surface area contributed by atoms with E-state index in [4.69, 9.17) is 16.3 Å². The van der Waals surface area contributed by atoms with E-state index >= 15 is 0 Å². The van der Waals surface area contributed by atoms with E-state index < -0.39 is 6.10 Å². The number of hydrogen-bond acceptors (Lipinski definition) is 4. The summed E-state index contributed by atoms with van der Waals surface area (Å²) in [6, 6.07) is 3.44. The average Bonchev–Trinajstić information content (AvgIpc) is 2.43. The minimum Gasteiger partial charge on any atom is -0.496 e. The molecule has 4 nitrogen and oxygen atoms in total. The fraction of sp³-hybridized carbons (Fsp3) is 0.333. The Morgan fingerprint density at radius 2 is 2.10 bits per heavy atom. The number of aromatic nitrogens is 2. The van der Waals surface area contributed by atoms with Gasteiger partial charge in [-0.2, -0.15) is 0 Å². The molecule has 0 saturated carbocycles. The van der Waals surface area contributed by atoms with Crippen LogP contribution in [0.3, 0.4) is 0 Å². The largest absolute Gasteiger partial charge is 0.496 e. The van der Waals surface area contributed by atoms with Crippen LogP contribution in [0.25, 0.3) is 0 Å². The van der Waals surface area contributed by atoms with Gasteiger partial charge in [-0.3, -0.25) is 9.97 Å². The highest BCUT2D eigenvalue weighted by molar-refractivity contribution is 6.31. The van der Waals surface area contributed by atoms with Gasteiger partial charge in [-0.25, -0.2) is 0 Å². The van der Waals surface area contributed by atoms with Gasteiger partial charge in [0.25, 0.3) is 0 Å². The van der Waals surface area contributed by atoms with Gasteiger partial charge in [0.05, 0.1) is 17.8 Å². The Bertz CT molecular complexity index is 617. The molecule has 1 atom stereocenters. The molecule has 0 amide bonds. The summed E-state index contributed by atoms with van der Waals surface area (Å²) in [5.41, 5.74) is 3.15. The van der Waals surface area contributed by atoms with Gasteiger partial charge in [0.1, 0.15) is 11.9 Å². The van der Waals surface area contributed by atoms with Crippen LogP contribution in [0.4, 0.5) is 0 Å². The molecule has 0 aromatic carbocycles. The monoisotopic (exact) mass is 292 g/mol. The summed E-state index contributed by atoms with van der Waals surface area (Å²) >= 11 is 6.04. The van der Waals surface area contributed by atoms with Crippen molar-refractivity contribution in [1.82, 2.24) is 9.97 Å². The van der Waals surface area contributed by atoms with Crippen LogP contribution in [-0.4, -0.2) is 22.2 Å². The molecule has 2 rings (SSSR count). The highest BCUT2D eigenvalue weighted by Gasteiger charge is 2.17. The Hall–Kier alpha value is -1.65. The second kappa shape index (κ2) is 6.20. The number of halogens is 1. The number of aliphatic hydroxyl groups is 1. The van der Waals surface area contributed by atoms with Crippen molar-refractivity contribution in [2.75, 3.05) is 7.11 Å². The maximum Gasteiger partial charge on any atom is 0.128 e. The summed E-state index contributed by atoms with van der Waals surface area (Å²) < 4.78 is 5.36. The van der Waals surface area contributed by atoms with E-state index in [1.807, 2.05) is 13.8 Å². The first-order valence-corrected chi connectivity index (χ1v) is 6.70. The molecule has 1 unspecified atom stereocenters. The van der Waals surface area contributed by atoms with Crippen LogP contribution in [0.15, 0.2) is 24.5 Å². The molecule has 2 aromatic heterocycles. The van der Waals surface area contributed by atoms with E-state index in [0.717, 1.165) is 22.6 Å². The number of pyridine rings is 2. The lowest BCUT2D eigenvalue weighted by Crippen LogP contribution is -2.08. The van der Waals surface area contributed by atoms with E-state index in [-0.39, 0.29) is 0 Å². The van der Waals surface area contributed by atoms with Crippen LogP contribution >= 0.6 is 11.6 Å². The van der Waals surface area contributed by atoms with Crippen LogP contribution in [-0.2, 0) is 6.42 Å². The van der Waals surface area contributed by atoms with E-state index in [2.05, 4.69) is 9.97 Å². The van der Waals surface area contributed by atoms with Crippen LogP contribution in [0.1, 0.15) is 28.6 Å². The van der Waals surface area contributed by atoms with Crippen LogP contribution < -0.4 is 4.74 Å². The van der Waals surface area contributed by atoms with Gasteiger partial charge in [0.2, 0.25) is 0 Å². The van der Waals surface area contributed by atoms with Crippen molar-refractivity contribution in [2.45, 2.75) is 26.4 Å². The fourth-order valence-corrected chi connectivity index (χ4v) is 2.45. The number of nitrogens with zero attached hydrogens (tertiary/aromatic N) is 2. The number of aryl methyl sites for hydroxylation is 1. The van der Waals surface area contributed by atoms with E-state index in [1.54, 1.807) is 31.6 Å². The number of ether oxygens (including phenoxy) is 1. The van der Waals surface area contributed by atoms with Crippen molar-refractivity contribution in [3.8, 4) is 5.75 Å². The molecule has 0 saturated heterocycles. The minimum atomic E-state index is -0.790. The van der Waals surface area contributed by atoms with Crippen LogP contribution in [0.2, 0.25) is 5.02 Å². The quantitative estimate of drug-likeness (QED) is 0.941. The first-order chi connectivity index (χ1) is 9.54. The lowest BCUT2D eigenvalue weighted by Gasteiger charge is -2.15. The summed E-state index contributed by atoms with van der Waals surface area (Å²) in [5.74, 6) is 0.800. The van der Waals surface area contributed by atoms with Crippen molar-refractivity contribution in [3.63, 3.8) is 0 Å². The lowest BCUT2D eigenvalue weighted by molar-refractivity contribution is 0.172. The summed E-state index contributed by atoms with van der Waals surface area (Å²) in [4.78, 5) is 8.49. The van der Waals surface area contributed by atoms with Crippen molar-refractivity contribution < 1.29 is 9.84 Å². The molecule has 0 fully saturated rings. The highest BCUT2D eigenvalue weighted by atomic mass is 35.5. The molecule has 0 aliphatic rings. The van der Waals surface area contributed by atoms with Crippen molar-refractivity contribution in [1.29, 1.82) is 0 Å². The molecule has 0 radical (unpaired) electrons. The lowest BCUT2D eigenvalue weighted by atomic mass is 10.0. The Morgan fingerprint density at radius 3 is 2.75 bits per heavy atom. The molecule has 20 heavy (non-hydrogen) atoms. The predicted octanol–water partition coefficient (Wildman–Crippen LogP) is 3.03. The van der Waals surface area contributed by atoms with Crippen molar-refractivity contribution >= 4 is 11.6 Å². The van der Waals surface area contributed by atoms with E-state index in [0.29, 0.717) is 17.1 Å². The first-order valence-electron chi connectivity index (χ1n) is 6.32. The number of hydrogen-bond donors (Lipinski definition) is 1. The summed E-state index contributed by atoms with van der Waals surface area (Å²) in [5, 5.41) is 10.7.